The summed E-state index contributed by atoms with van der Waals surface area (Å²) in [5, 5.41) is 11.4. The quantitative estimate of drug-likeness (QED) is 0.640. The van der Waals surface area contributed by atoms with Gasteiger partial charge in [-0.15, -0.1) is 6.58 Å². The van der Waals surface area contributed by atoms with E-state index < -0.39 is 11.9 Å². The molecule has 1 aliphatic heterocycles. The molecule has 0 spiro atoms. The molecule has 1 unspecified atom stereocenters. The summed E-state index contributed by atoms with van der Waals surface area (Å²) >= 11 is 1.46. The summed E-state index contributed by atoms with van der Waals surface area (Å²) < 4.78 is 0. The minimum absolute atomic E-state index is 0.510. The molecule has 0 amide bonds. The Morgan fingerprint density at radius 3 is 3.13 bits per heavy atom. The number of carboxylic acid groups (broad SMARTS) is 1. The molecule has 4 nitrogen and oxygen atoms in total. The van der Waals surface area contributed by atoms with Crippen molar-refractivity contribution in [2.24, 2.45) is 15.9 Å². The summed E-state index contributed by atoms with van der Waals surface area (Å²) in [6, 6.07) is 0. The second kappa shape index (κ2) is 5.70. The normalized spacial score (nSPS) is 20.1. The van der Waals surface area contributed by atoms with Gasteiger partial charge in [0.2, 0.25) is 0 Å². The monoisotopic (exact) mass is 225 g/mol. The van der Waals surface area contributed by atoms with E-state index in [2.05, 4.69) is 16.6 Å². The van der Waals surface area contributed by atoms with E-state index in [4.69, 9.17) is 0 Å². The third-order valence-electron chi connectivity index (χ3n) is 2.04. The number of carbonyl (C=O) groups excluding carboxylic acids is 1. The largest absolute Gasteiger partial charge is 0.549 e. The average molecular weight is 225 g/mol. The van der Waals surface area contributed by atoms with Crippen LogP contribution in [-0.2, 0) is 4.79 Å². The maximum Gasteiger partial charge on any atom is 0.183 e. The lowest BCUT2D eigenvalue weighted by Crippen LogP contribution is -2.36. The van der Waals surface area contributed by atoms with Crippen LogP contribution in [0.2, 0.25) is 0 Å². The molecule has 0 saturated carbocycles. The lowest BCUT2D eigenvalue weighted by Gasteiger charge is -2.14. The molecular weight excluding hydrogens is 212 g/mol. The summed E-state index contributed by atoms with van der Waals surface area (Å²) in [6.45, 7) is 5.88. The Kier molecular flexibility index (Phi) is 4.55. The van der Waals surface area contributed by atoms with Gasteiger partial charge >= 0.3 is 0 Å². The van der Waals surface area contributed by atoms with Gasteiger partial charge in [-0.3, -0.25) is 4.99 Å². The zero-order valence-corrected chi connectivity index (χ0v) is 9.42. The minimum atomic E-state index is -1.05. The predicted molar refractivity (Wildman–Crippen MR) is 61.2 cm³/mol. The fraction of sp³-hybridized carbons (Fsp3) is 0.500. The van der Waals surface area contributed by atoms with Gasteiger partial charge in [-0.05, 0) is 6.42 Å². The van der Waals surface area contributed by atoms with Crippen molar-refractivity contribution in [1.82, 2.24) is 0 Å². The van der Waals surface area contributed by atoms with Crippen molar-refractivity contribution in [3.63, 3.8) is 0 Å². The van der Waals surface area contributed by atoms with E-state index >= 15 is 0 Å². The van der Waals surface area contributed by atoms with Crippen molar-refractivity contribution in [1.29, 1.82) is 0 Å². The maximum absolute atomic E-state index is 10.8. The number of hydrogen-bond acceptors (Lipinski definition) is 4. The molecule has 0 aromatic rings. The Morgan fingerprint density at radius 1 is 1.87 bits per heavy atom. The first-order valence-electron chi connectivity index (χ1n) is 4.75. The van der Waals surface area contributed by atoms with Crippen LogP contribution in [0.1, 0.15) is 13.3 Å². The molecule has 0 radical (unpaired) electrons. The van der Waals surface area contributed by atoms with E-state index in [0.717, 1.165) is 0 Å². The standard InChI is InChI=1S/C10H14N2O2S/c1-3-5-11-10-12-8(6-15-10)7(4-2)9(13)14/h3,7H,1,4-6H2,2H3,(H,13,14)/p-1. The molecule has 0 aliphatic carbocycles. The van der Waals surface area contributed by atoms with Gasteiger partial charge in [-0.2, -0.15) is 0 Å². The van der Waals surface area contributed by atoms with Crippen LogP contribution in [-0.4, -0.2) is 29.1 Å². The second-order valence-corrected chi connectivity index (χ2v) is 4.03. The van der Waals surface area contributed by atoms with Gasteiger partial charge < -0.3 is 9.90 Å². The van der Waals surface area contributed by atoms with Crippen LogP contribution >= 0.6 is 11.8 Å². The SMILES string of the molecule is C=CCN=C1N=C(C(CC)C(=O)[O-])CS1. The van der Waals surface area contributed by atoms with Crippen LogP contribution in [0.25, 0.3) is 0 Å². The Labute approximate surface area is 93.2 Å². The summed E-state index contributed by atoms with van der Waals surface area (Å²) in [4.78, 5) is 19.1. The third kappa shape index (κ3) is 3.20. The number of amidine groups is 1. The van der Waals surface area contributed by atoms with Crippen LogP contribution in [0.4, 0.5) is 0 Å². The van der Waals surface area contributed by atoms with Gasteiger partial charge in [0, 0.05) is 17.4 Å². The summed E-state index contributed by atoms with van der Waals surface area (Å²) in [6.07, 6.45) is 2.19. The first-order chi connectivity index (χ1) is 7.19. The highest BCUT2D eigenvalue weighted by Gasteiger charge is 2.21. The molecular formula is C10H13N2O2S-. The molecule has 15 heavy (non-hydrogen) atoms. The van der Waals surface area contributed by atoms with Crippen LogP contribution in [0.15, 0.2) is 22.6 Å². The number of carbonyl (C=O) groups is 1. The molecule has 1 aliphatic rings. The smallest absolute Gasteiger partial charge is 0.183 e. The Balaban J connectivity index is 2.72. The summed E-state index contributed by atoms with van der Waals surface area (Å²) in [7, 11) is 0. The van der Waals surface area contributed by atoms with Gasteiger partial charge in [-0.1, -0.05) is 24.8 Å². The zero-order chi connectivity index (χ0) is 11.3. The van der Waals surface area contributed by atoms with Crippen LogP contribution < -0.4 is 5.11 Å². The third-order valence-corrected chi connectivity index (χ3v) is 2.96. The van der Waals surface area contributed by atoms with Gasteiger partial charge in [0.05, 0.1) is 12.5 Å². The molecule has 0 aromatic heterocycles. The highest BCUT2D eigenvalue weighted by atomic mass is 32.2. The van der Waals surface area contributed by atoms with E-state index in [1.165, 1.54) is 11.8 Å². The number of aliphatic imine (C=N–C) groups is 2. The van der Waals surface area contributed by atoms with Gasteiger partial charge in [0.25, 0.3) is 0 Å². The number of aliphatic carboxylic acids is 1. The molecule has 0 fully saturated rings. The number of rotatable bonds is 5. The first-order valence-corrected chi connectivity index (χ1v) is 5.74. The van der Waals surface area contributed by atoms with Crippen LogP contribution in [0.3, 0.4) is 0 Å². The molecule has 0 aromatic carbocycles. The number of carboxylic acids is 1. The predicted octanol–water partition coefficient (Wildman–Crippen LogP) is 0.492. The molecule has 0 saturated heterocycles. The van der Waals surface area contributed by atoms with Crippen molar-refractivity contribution in [3.8, 4) is 0 Å². The molecule has 1 heterocycles. The Hall–Kier alpha value is -1.10. The molecule has 82 valence electrons. The molecule has 0 N–H and O–H groups in total. The van der Waals surface area contributed by atoms with Crippen LogP contribution in [0, 0.1) is 5.92 Å². The van der Waals surface area contributed by atoms with Gasteiger partial charge in [-0.25, -0.2) is 4.99 Å². The van der Waals surface area contributed by atoms with Crippen molar-refractivity contribution in [2.45, 2.75) is 13.3 Å². The first kappa shape index (κ1) is 12.0. The van der Waals surface area contributed by atoms with E-state index in [0.29, 0.717) is 29.6 Å². The van der Waals surface area contributed by atoms with E-state index in [1.807, 2.05) is 6.92 Å². The number of nitrogens with zero attached hydrogens (tertiary/aromatic N) is 2. The van der Waals surface area contributed by atoms with Crippen LogP contribution in [0.5, 0.6) is 0 Å². The van der Waals surface area contributed by atoms with E-state index in [1.54, 1.807) is 6.08 Å². The Morgan fingerprint density at radius 2 is 2.60 bits per heavy atom. The maximum atomic E-state index is 10.8. The van der Waals surface area contributed by atoms with Gasteiger partial charge in [0.15, 0.2) is 5.17 Å². The van der Waals surface area contributed by atoms with E-state index in [9.17, 15) is 9.90 Å². The molecule has 1 atom stereocenters. The lowest BCUT2D eigenvalue weighted by molar-refractivity contribution is -0.308. The Bertz CT molecular complexity index is 323. The average Bonchev–Trinajstić information content (AvgIpc) is 2.64. The fourth-order valence-corrected chi connectivity index (χ4v) is 2.16. The fourth-order valence-electron chi connectivity index (χ4n) is 1.27. The molecule has 5 heteroatoms. The molecule has 1 rings (SSSR count). The highest BCUT2D eigenvalue weighted by molar-refractivity contribution is 8.14. The molecule has 0 bridgehead atoms. The number of thioether (sulfide) groups is 1. The van der Waals surface area contributed by atoms with Crippen molar-refractivity contribution < 1.29 is 9.90 Å². The zero-order valence-electron chi connectivity index (χ0n) is 8.60. The van der Waals surface area contributed by atoms with Crippen molar-refractivity contribution in [3.05, 3.63) is 12.7 Å². The second-order valence-electron chi connectivity index (χ2n) is 3.08. The number of hydrogen-bond donors (Lipinski definition) is 0. The topological polar surface area (TPSA) is 64.8 Å². The summed E-state index contributed by atoms with van der Waals surface area (Å²) in [5.74, 6) is -1.03. The summed E-state index contributed by atoms with van der Waals surface area (Å²) in [5.41, 5.74) is 0.658. The van der Waals surface area contributed by atoms with E-state index in [-0.39, 0.29) is 0 Å². The highest BCUT2D eigenvalue weighted by Crippen LogP contribution is 2.20. The van der Waals surface area contributed by atoms with Crippen molar-refractivity contribution >= 4 is 28.6 Å². The van der Waals surface area contributed by atoms with Crippen molar-refractivity contribution in [2.75, 3.05) is 12.3 Å². The lowest BCUT2D eigenvalue weighted by atomic mass is 10.0. The minimum Gasteiger partial charge on any atom is -0.549 e. The van der Waals surface area contributed by atoms with Gasteiger partial charge in [0.1, 0.15) is 0 Å².